The maximum atomic E-state index is 12.4. The zero-order chi connectivity index (χ0) is 16.0. The second-order valence-electron chi connectivity index (χ2n) is 5.17. The third kappa shape index (κ3) is 2.47. The minimum atomic E-state index is -0.0307. The fraction of sp³-hybridized carbons (Fsp3) is 0.250. The normalized spacial score (nSPS) is 21.9. The highest BCUT2D eigenvalue weighted by molar-refractivity contribution is 8.26. The monoisotopic (exact) mass is 362 g/mol. The largest absolute Gasteiger partial charge is 0.489 e. The summed E-state index contributed by atoms with van der Waals surface area (Å²) in [6, 6.07) is 8.32. The molecule has 0 saturated carbocycles. The molecular weight excluding hydrogens is 348 g/mol. The first-order chi connectivity index (χ1) is 11.2. The first-order valence-electron chi connectivity index (χ1n) is 7.36. The van der Waals surface area contributed by atoms with Crippen LogP contribution in [-0.2, 0) is 9.53 Å². The van der Waals surface area contributed by atoms with E-state index in [-0.39, 0.29) is 5.91 Å². The highest BCUT2D eigenvalue weighted by Gasteiger charge is 2.34. The minimum Gasteiger partial charge on any atom is -0.489 e. The molecule has 0 aliphatic carbocycles. The third-order valence-electron chi connectivity index (χ3n) is 3.84. The summed E-state index contributed by atoms with van der Waals surface area (Å²) in [5.74, 6) is 0.728. The van der Waals surface area contributed by atoms with Crippen LogP contribution in [0.5, 0.6) is 0 Å². The zero-order valence-corrected chi connectivity index (χ0v) is 14.9. The Balaban J connectivity index is 1.72. The number of amides is 1. The number of thiocarbonyl (C=S) groups is 1. The minimum absolute atomic E-state index is 0.0307. The molecule has 0 N–H and O–H groups in total. The van der Waals surface area contributed by atoms with Crippen molar-refractivity contribution in [2.24, 2.45) is 0 Å². The van der Waals surface area contributed by atoms with Crippen LogP contribution in [0.4, 0.5) is 5.69 Å². The van der Waals surface area contributed by atoms with Crippen molar-refractivity contribution < 1.29 is 9.53 Å². The van der Waals surface area contributed by atoms with Gasteiger partial charge in [-0.25, -0.2) is 0 Å². The third-order valence-corrected chi connectivity index (χ3v) is 6.40. The average molecular weight is 363 g/mol. The van der Waals surface area contributed by atoms with Crippen molar-refractivity contribution in [3.63, 3.8) is 0 Å². The van der Waals surface area contributed by atoms with Gasteiger partial charge in [0.05, 0.1) is 17.1 Å². The Hall–Kier alpha value is -1.44. The van der Waals surface area contributed by atoms with Crippen LogP contribution in [-0.4, -0.2) is 34.8 Å². The van der Waals surface area contributed by atoms with E-state index in [4.69, 9.17) is 17.0 Å². The van der Waals surface area contributed by atoms with Crippen molar-refractivity contribution >= 4 is 51.7 Å². The number of nitrogens with zero attached hydrogens (tertiary/aromatic N) is 2. The summed E-state index contributed by atoms with van der Waals surface area (Å²) in [6.07, 6.45) is 1.84. The van der Waals surface area contributed by atoms with Crippen molar-refractivity contribution in [1.82, 2.24) is 4.90 Å². The highest BCUT2D eigenvalue weighted by atomic mass is 32.2. The van der Waals surface area contributed by atoms with E-state index >= 15 is 0 Å². The summed E-state index contributed by atoms with van der Waals surface area (Å²) < 4.78 is 6.47. The lowest BCUT2D eigenvalue weighted by molar-refractivity contribution is -0.122. The van der Waals surface area contributed by atoms with Gasteiger partial charge in [-0.3, -0.25) is 9.69 Å². The van der Waals surface area contributed by atoms with Crippen molar-refractivity contribution in [3.05, 3.63) is 46.0 Å². The van der Waals surface area contributed by atoms with Crippen LogP contribution in [0.25, 0.3) is 0 Å². The molecule has 0 bridgehead atoms. The second kappa shape index (κ2) is 5.89. The van der Waals surface area contributed by atoms with E-state index in [0.29, 0.717) is 22.4 Å². The number of anilines is 1. The van der Waals surface area contributed by atoms with Crippen LogP contribution in [0, 0.1) is 0 Å². The Bertz CT molecular complexity index is 772. The van der Waals surface area contributed by atoms with Gasteiger partial charge in [0, 0.05) is 17.5 Å². The lowest BCUT2D eigenvalue weighted by atomic mass is 10.2. The first kappa shape index (κ1) is 15.1. The predicted molar refractivity (Wildman–Crippen MR) is 98.3 cm³/mol. The molecule has 1 fully saturated rings. The molecule has 0 spiro atoms. The van der Waals surface area contributed by atoms with E-state index in [9.17, 15) is 4.79 Å². The molecule has 1 saturated heterocycles. The number of carbonyl (C=O) groups excluding carboxylic acids is 1. The molecule has 3 heterocycles. The predicted octanol–water partition coefficient (Wildman–Crippen LogP) is 3.56. The Morgan fingerprint density at radius 2 is 2.17 bits per heavy atom. The first-order valence-corrected chi connectivity index (χ1v) is 9.40. The van der Waals surface area contributed by atoms with E-state index in [1.807, 2.05) is 25.1 Å². The van der Waals surface area contributed by atoms with Crippen LogP contribution < -0.4 is 4.90 Å². The number of hydrogen-bond acceptors (Lipinski definition) is 6. The fourth-order valence-corrected chi connectivity index (χ4v) is 5.26. The van der Waals surface area contributed by atoms with E-state index in [1.165, 1.54) is 22.3 Å². The van der Waals surface area contributed by atoms with Crippen molar-refractivity contribution in [2.45, 2.75) is 11.8 Å². The summed E-state index contributed by atoms with van der Waals surface area (Å²) in [6.45, 7) is 3.96. The maximum absolute atomic E-state index is 12.4. The molecule has 1 amide bonds. The summed E-state index contributed by atoms with van der Waals surface area (Å²) in [7, 11) is 0. The van der Waals surface area contributed by atoms with E-state index in [0.717, 1.165) is 17.3 Å². The Labute approximate surface area is 148 Å². The average Bonchev–Trinajstić information content (AvgIpc) is 3.06. The van der Waals surface area contributed by atoms with Gasteiger partial charge in [-0.2, -0.15) is 0 Å². The number of hydrogen-bond donors (Lipinski definition) is 0. The number of para-hydroxylation sites is 1. The van der Waals surface area contributed by atoms with Crippen molar-refractivity contribution in [3.8, 4) is 0 Å². The number of benzene rings is 1. The highest BCUT2D eigenvalue weighted by Crippen LogP contribution is 2.48. The van der Waals surface area contributed by atoms with Crippen molar-refractivity contribution in [2.75, 3.05) is 24.6 Å². The van der Waals surface area contributed by atoms with Crippen LogP contribution in [0.15, 0.2) is 50.9 Å². The van der Waals surface area contributed by atoms with Gasteiger partial charge in [0.15, 0.2) is 5.76 Å². The summed E-state index contributed by atoms with van der Waals surface area (Å²) in [5, 5.41) is 1.05. The van der Waals surface area contributed by atoms with Gasteiger partial charge in [-0.15, -0.1) is 0 Å². The molecule has 3 aliphatic rings. The topological polar surface area (TPSA) is 32.8 Å². The molecule has 0 aromatic heterocycles. The molecule has 1 aromatic rings. The van der Waals surface area contributed by atoms with E-state index in [1.54, 1.807) is 16.7 Å². The molecule has 4 nitrogen and oxygen atoms in total. The van der Waals surface area contributed by atoms with Gasteiger partial charge in [0.1, 0.15) is 16.0 Å². The van der Waals surface area contributed by atoms with Crippen molar-refractivity contribution in [1.29, 1.82) is 0 Å². The van der Waals surface area contributed by atoms with Gasteiger partial charge in [0.2, 0.25) is 0 Å². The number of ether oxygens (including phenoxy) is 1. The van der Waals surface area contributed by atoms with Crippen LogP contribution >= 0.6 is 35.7 Å². The van der Waals surface area contributed by atoms with Gasteiger partial charge in [-0.1, -0.05) is 47.9 Å². The SMILES string of the molecule is CCN1C(=O)C(=CC2=C3Sc4ccccc4N3CCO2)SC1=S. The summed E-state index contributed by atoms with van der Waals surface area (Å²) in [4.78, 5) is 18.1. The van der Waals surface area contributed by atoms with E-state index < -0.39 is 0 Å². The smallest absolute Gasteiger partial charge is 0.266 e. The summed E-state index contributed by atoms with van der Waals surface area (Å²) in [5.41, 5.74) is 1.21. The molecule has 23 heavy (non-hydrogen) atoms. The van der Waals surface area contributed by atoms with Gasteiger partial charge < -0.3 is 9.64 Å². The standard InChI is InChI=1S/C16H14N2O2S3/c1-2-17-14(19)13(23-16(17)21)9-11-15-18(7-8-20-11)10-5-3-4-6-12(10)22-15/h3-6,9H,2,7-8H2,1H3. The van der Waals surface area contributed by atoms with Crippen LogP contribution in [0.1, 0.15) is 6.92 Å². The number of likely N-dealkylation sites (N-methyl/N-ethyl adjacent to an activating group) is 1. The van der Waals surface area contributed by atoms with Gasteiger partial charge in [-0.05, 0) is 19.1 Å². The van der Waals surface area contributed by atoms with E-state index in [2.05, 4.69) is 17.0 Å². The number of fused-ring (bicyclic) bond motifs is 3. The quantitative estimate of drug-likeness (QED) is 0.591. The molecular formula is C16H14N2O2S3. The number of rotatable bonds is 2. The second-order valence-corrected chi connectivity index (χ2v) is 7.87. The Kier molecular flexibility index (Phi) is 3.87. The zero-order valence-electron chi connectivity index (χ0n) is 12.4. The maximum Gasteiger partial charge on any atom is 0.266 e. The lowest BCUT2D eigenvalue weighted by Crippen LogP contribution is -2.29. The van der Waals surface area contributed by atoms with Crippen LogP contribution in [0.3, 0.4) is 0 Å². The number of carbonyl (C=O) groups is 1. The van der Waals surface area contributed by atoms with Gasteiger partial charge >= 0.3 is 0 Å². The molecule has 3 aliphatic heterocycles. The number of thioether (sulfide) groups is 2. The Morgan fingerprint density at radius 1 is 1.35 bits per heavy atom. The molecule has 4 rings (SSSR count). The molecule has 1 aromatic carbocycles. The molecule has 0 unspecified atom stereocenters. The van der Waals surface area contributed by atoms with Gasteiger partial charge in [0.25, 0.3) is 5.91 Å². The molecule has 7 heteroatoms. The molecule has 0 radical (unpaired) electrons. The lowest BCUT2D eigenvalue weighted by Gasteiger charge is -2.27. The molecule has 0 atom stereocenters. The van der Waals surface area contributed by atoms with Crippen LogP contribution in [0.2, 0.25) is 0 Å². The fourth-order valence-electron chi connectivity index (χ4n) is 2.74. The number of allylic oxidation sites excluding steroid dienone is 1. The Morgan fingerprint density at radius 3 is 2.96 bits per heavy atom. The molecule has 118 valence electrons. The summed E-state index contributed by atoms with van der Waals surface area (Å²) >= 11 is 8.30.